The zero-order valence-corrected chi connectivity index (χ0v) is 18.1. The number of carbonyl (C=O) groups is 2. The van der Waals surface area contributed by atoms with Crippen LogP contribution in [0.5, 0.6) is 0 Å². The Morgan fingerprint density at radius 1 is 0.969 bits per heavy atom. The number of halogens is 2. The van der Waals surface area contributed by atoms with Gasteiger partial charge in [-0.05, 0) is 36.4 Å². The third-order valence-electron chi connectivity index (χ3n) is 4.74. The van der Waals surface area contributed by atoms with Gasteiger partial charge in [-0.2, -0.15) is 5.10 Å². The molecule has 0 unspecified atom stereocenters. The van der Waals surface area contributed by atoms with Gasteiger partial charge in [0.25, 0.3) is 0 Å². The molecule has 0 atom stereocenters. The summed E-state index contributed by atoms with van der Waals surface area (Å²) < 4.78 is 1.76. The van der Waals surface area contributed by atoms with Gasteiger partial charge in [0.1, 0.15) is 0 Å². The molecule has 4 aromatic rings. The van der Waals surface area contributed by atoms with Gasteiger partial charge in [0.2, 0.25) is 0 Å². The number of amides is 2. The highest BCUT2D eigenvalue weighted by molar-refractivity contribution is 6.42. The Bertz CT molecular complexity index is 1290. The zero-order valence-electron chi connectivity index (χ0n) is 16.6. The lowest BCUT2D eigenvalue weighted by molar-refractivity contribution is 0.0993. The number of hydrogen-bond donors (Lipinski definition) is 2. The van der Waals surface area contributed by atoms with Gasteiger partial charge < -0.3 is 11.1 Å². The van der Waals surface area contributed by atoms with Crippen LogP contribution in [-0.2, 0) is 0 Å². The first kappa shape index (κ1) is 21.5. The van der Waals surface area contributed by atoms with Crippen LogP contribution in [0.25, 0.3) is 28.2 Å². The van der Waals surface area contributed by atoms with E-state index in [0.717, 1.165) is 28.2 Å². The summed E-state index contributed by atoms with van der Waals surface area (Å²) in [5.41, 5.74) is 9.42. The molecule has 32 heavy (non-hydrogen) atoms. The number of ketones is 1. The second-order valence-corrected chi connectivity index (χ2v) is 7.70. The summed E-state index contributed by atoms with van der Waals surface area (Å²) in [6.07, 6.45) is 3.43. The standard InChI is InChI=1S/C23H17Cl2N5O2/c24-18-8-7-17(10-19(18)25)30-21(11-20(29-30)16-2-1-9-27-12-16)14-3-5-15(6-4-14)22(31)13-28-23(26)32/h1-12H,13H2,(H3,26,28,32). The van der Waals surface area contributed by atoms with Crippen molar-refractivity contribution in [2.24, 2.45) is 5.73 Å². The molecule has 2 aromatic heterocycles. The molecule has 3 N–H and O–H groups in total. The Labute approximate surface area is 193 Å². The molecule has 0 saturated heterocycles. The van der Waals surface area contributed by atoms with Crippen molar-refractivity contribution in [3.8, 4) is 28.2 Å². The van der Waals surface area contributed by atoms with Crippen molar-refractivity contribution >= 4 is 35.0 Å². The number of nitrogens with two attached hydrogens (primary N) is 1. The second kappa shape index (κ2) is 9.21. The Morgan fingerprint density at radius 2 is 1.75 bits per heavy atom. The van der Waals surface area contributed by atoms with Crippen molar-refractivity contribution in [2.45, 2.75) is 0 Å². The van der Waals surface area contributed by atoms with Crippen LogP contribution in [0.4, 0.5) is 4.79 Å². The van der Waals surface area contributed by atoms with Crippen LogP contribution < -0.4 is 11.1 Å². The van der Waals surface area contributed by atoms with Crippen molar-refractivity contribution in [3.63, 3.8) is 0 Å². The molecule has 2 aromatic carbocycles. The highest BCUT2D eigenvalue weighted by atomic mass is 35.5. The zero-order chi connectivity index (χ0) is 22.7. The predicted molar refractivity (Wildman–Crippen MR) is 124 cm³/mol. The minimum absolute atomic E-state index is 0.166. The molecule has 2 heterocycles. The smallest absolute Gasteiger partial charge is 0.312 e. The molecular weight excluding hydrogens is 449 g/mol. The van der Waals surface area contributed by atoms with E-state index < -0.39 is 6.03 Å². The normalized spacial score (nSPS) is 10.7. The molecule has 7 nitrogen and oxygen atoms in total. The average Bonchev–Trinajstić information content (AvgIpc) is 3.25. The van der Waals surface area contributed by atoms with E-state index in [1.807, 2.05) is 36.4 Å². The maximum atomic E-state index is 12.2. The van der Waals surface area contributed by atoms with E-state index in [0.29, 0.717) is 15.6 Å². The van der Waals surface area contributed by atoms with E-state index in [9.17, 15) is 9.59 Å². The lowest BCUT2D eigenvalue weighted by atomic mass is 10.1. The van der Waals surface area contributed by atoms with Gasteiger partial charge in [0.05, 0.1) is 33.7 Å². The van der Waals surface area contributed by atoms with Crippen LogP contribution in [0.2, 0.25) is 10.0 Å². The summed E-state index contributed by atoms with van der Waals surface area (Å²) in [6.45, 7) is -0.166. The van der Waals surface area contributed by atoms with Crippen LogP contribution in [0, 0.1) is 0 Å². The van der Waals surface area contributed by atoms with Crippen LogP contribution in [0.1, 0.15) is 10.4 Å². The van der Waals surface area contributed by atoms with Gasteiger partial charge in [0, 0.05) is 29.1 Å². The third-order valence-corrected chi connectivity index (χ3v) is 5.48. The Hall–Kier alpha value is -3.68. The van der Waals surface area contributed by atoms with E-state index >= 15 is 0 Å². The molecule has 0 spiro atoms. The highest BCUT2D eigenvalue weighted by Crippen LogP contribution is 2.31. The SMILES string of the molecule is NC(=O)NCC(=O)c1ccc(-c2cc(-c3cccnc3)nn2-c2ccc(Cl)c(Cl)c2)cc1. The molecular formula is C23H17Cl2N5O2. The highest BCUT2D eigenvalue weighted by Gasteiger charge is 2.15. The molecule has 9 heteroatoms. The van der Waals surface area contributed by atoms with Crippen molar-refractivity contribution in [3.05, 3.63) is 88.7 Å². The number of hydrogen-bond acceptors (Lipinski definition) is 4. The molecule has 0 radical (unpaired) electrons. The van der Waals surface area contributed by atoms with Crippen LogP contribution in [0.15, 0.2) is 73.1 Å². The number of pyridine rings is 1. The van der Waals surface area contributed by atoms with Gasteiger partial charge >= 0.3 is 6.03 Å². The molecule has 0 saturated carbocycles. The number of rotatable bonds is 6. The average molecular weight is 466 g/mol. The lowest BCUT2D eigenvalue weighted by Gasteiger charge is -2.09. The first-order valence-electron chi connectivity index (χ1n) is 9.55. The molecule has 2 amide bonds. The number of primary amides is 1. The maximum absolute atomic E-state index is 12.2. The Morgan fingerprint density at radius 3 is 2.41 bits per heavy atom. The molecule has 0 aliphatic rings. The summed E-state index contributed by atoms with van der Waals surface area (Å²) >= 11 is 12.3. The number of Topliss-reactive ketones (excluding diaryl/α,β-unsaturated/α-hetero) is 1. The number of aromatic nitrogens is 3. The molecule has 160 valence electrons. The first-order chi connectivity index (χ1) is 15.4. The van der Waals surface area contributed by atoms with Crippen LogP contribution >= 0.6 is 23.2 Å². The molecule has 0 bridgehead atoms. The molecule has 4 rings (SSSR count). The minimum atomic E-state index is -0.747. The number of urea groups is 1. The summed E-state index contributed by atoms with van der Waals surface area (Å²) in [7, 11) is 0. The lowest BCUT2D eigenvalue weighted by Crippen LogP contribution is -2.33. The molecule has 0 aliphatic carbocycles. The predicted octanol–water partition coefficient (Wildman–Crippen LogP) is 4.76. The molecule has 0 fully saturated rings. The van der Waals surface area contributed by atoms with Crippen LogP contribution in [-0.4, -0.2) is 33.1 Å². The quantitative estimate of drug-likeness (QED) is 0.400. The first-order valence-corrected chi connectivity index (χ1v) is 10.3. The number of nitrogens with one attached hydrogen (secondary N) is 1. The van der Waals surface area contributed by atoms with E-state index in [1.54, 1.807) is 41.3 Å². The summed E-state index contributed by atoms with van der Waals surface area (Å²) in [6, 6.07) is 17.2. The molecule has 0 aliphatic heterocycles. The van der Waals surface area contributed by atoms with E-state index in [2.05, 4.69) is 10.3 Å². The summed E-state index contributed by atoms with van der Waals surface area (Å²) in [5, 5.41) is 7.91. The number of benzene rings is 2. The minimum Gasteiger partial charge on any atom is -0.352 e. The Kier molecular flexibility index (Phi) is 6.20. The second-order valence-electron chi connectivity index (χ2n) is 6.89. The van der Waals surface area contributed by atoms with E-state index in [4.69, 9.17) is 34.0 Å². The van der Waals surface area contributed by atoms with Gasteiger partial charge in [-0.3, -0.25) is 9.78 Å². The van der Waals surface area contributed by atoms with Gasteiger partial charge in [-0.1, -0.05) is 47.5 Å². The van der Waals surface area contributed by atoms with Crippen molar-refractivity contribution in [1.82, 2.24) is 20.1 Å². The van der Waals surface area contributed by atoms with Gasteiger partial charge in [-0.25, -0.2) is 9.48 Å². The third kappa shape index (κ3) is 4.64. The van der Waals surface area contributed by atoms with E-state index in [-0.39, 0.29) is 12.3 Å². The van der Waals surface area contributed by atoms with Crippen molar-refractivity contribution in [1.29, 1.82) is 0 Å². The van der Waals surface area contributed by atoms with Crippen molar-refractivity contribution in [2.75, 3.05) is 6.54 Å². The largest absolute Gasteiger partial charge is 0.352 e. The van der Waals surface area contributed by atoms with Gasteiger partial charge in [0.15, 0.2) is 5.78 Å². The summed E-state index contributed by atoms with van der Waals surface area (Å²) in [4.78, 5) is 27.2. The maximum Gasteiger partial charge on any atom is 0.312 e. The van der Waals surface area contributed by atoms with Crippen molar-refractivity contribution < 1.29 is 9.59 Å². The van der Waals surface area contributed by atoms with E-state index in [1.165, 1.54) is 0 Å². The monoisotopic (exact) mass is 465 g/mol. The van der Waals surface area contributed by atoms with Crippen LogP contribution in [0.3, 0.4) is 0 Å². The van der Waals surface area contributed by atoms with Gasteiger partial charge in [-0.15, -0.1) is 0 Å². The fourth-order valence-corrected chi connectivity index (χ4v) is 3.44. The fourth-order valence-electron chi connectivity index (χ4n) is 3.15. The number of nitrogens with zero attached hydrogens (tertiary/aromatic N) is 3. The topological polar surface area (TPSA) is 103 Å². The fraction of sp³-hybridized carbons (Fsp3) is 0.0435. The summed E-state index contributed by atoms with van der Waals surface area (Å²) in [5.74, 6) is -0.246. The number of carbonyl (C=O) groups excluding carboxylic acids is 2. The Balaban J connectivity index is 1.75.